The van der Waals surface area contributed by atoms with Gasteiger partial charge < -0.3 is 20.5 Å². The Bertz CT molecular complexity index is 1510. The Morgan fingerprint density at radius 3 is 2.26 bits per heavy atom. The Kier molecular flexibility index (Phi) is 7.84. The number of alkyl halides is 3. The van der Waals surface area contributed by atoms with Crippen molar-refractivity contribution in [2.24, 2.45) is 6.98 Å². The summed E-state index contributed by atoms with van der Waals surface area (Å²) < 4.78 is 70.7. The lowest BCUT2D eigenvalue weighted by Crippen LogP contribution is -2.55. The van der Waals surface area contributed by atoms with Crippen LogP contribution in [-0.2, 0) is 41.3 Å². The number of nitrogens with one attached hydrogen (secondary N) is 2. The van der Waals surface area contributed by atoms with E-state index >= 15 is 0 Å². The van der Waals surface area contributed by atoms with Crippen LogP contribution in [0.15, 0.2) is 30.9 Å². The maximum absolute atomic E-state index is 13.7. The van der Waals surface area contributed by atoms with Crippen LogP contribution in [0.25, 0.3) is 11.3 Å². The second-order valence-electron chi connectivity index (χ2n) is 12.0. The van der Waals surface area contributed by atoms with E-state index in [-0.39, 0.29) is 30.0 Å². The third-order valence-corrected chi connectivity index (χ3v) is 5.66. The standard InChI is InChI=1S/C27H37F3N8O4/c1-24(2,3)42-23(40)34-18(9-16-11-33-37(8)14-16)21(39)35-25(4,5)15-38-19(10-20(36-38)27(28,29)30)17-12-31-22(32-13-17)26(6,7)41/h10-14,18,41H,9,15H2,1-8H3,(H,34,40)(H,35,39)/t18-/m1/s1/i8D3. The van der Waals surface area contributed by atoms with Gasteiger partial charge in [0, 0.05) is 41.7 Å². The predicted molar refractivity (Wildman–Crippen MR) is 146 cm³/mol. The molecule has 0 aromatic carbocycles. The third kappa shape index (κ3) is 8.99. The van der Waals surface area contributed by atoms with Gasteiger partial charge in [-0.05, 0) is 60.1 Å². The van der Waals surface area contributed by atoms with Gasteiger partial charge in [-0.2, -0.15) is 23.4 Å². The molecule has 0 spiro atoms. The molecule has 3 aromatic rings. The molecule has 0 aliphatic rings. The molecule has 0 saturated heterocycles. The van der Waals surface area contributed by atoms with E-state index in [2.05, 4.69) is 30.8 Å². The van der Waals surface area contributed by atoms with Gasteiger partial charge in [0.05, 0.1) is 24.0 Å². The van der Waals surface area contributed by atoms with Gasteiger partial charge in [-0.1, -0.05) is 0 Å². The smallest absolute Gasteiger partial charge is 0.435 e. The minimum Gasteiger partial charge on any atom is -0.444 e. The van der Waals surface area contributed by atoms with Crippen LogP contribution in [0.4, 0.5) is 18.0 Å². The minimum absolute atomic E-state index is 0.00690. The monoisotopic (exact) mass is 597 g/mol. The molecule has 3 N–H and O–H groups in total. The van der Waals surface area contributed by atoms with Crippen LogP contribution < -0.4 is 10.6 Å². The van der Waals surface area contributed by atoms with Crippen molar-refractivity contribution in [2.45, 2.75) is 90.4 Å². The largest absolute Gasteiger partial charge is 0.444 e. The number of nitrogens with zero attached hydrogens (tertiary/aromatic N) is 6. The highest BCUT2D eigenvalue weighted by atomic mass is 19.4. The fourth-order valence-electron chi connectivity index (χ4n) is 3.88. The normalized spacial score (nSPS) is 14.9. The highest BCUT2D eigenvalue weighted by Crippen LogP contribution is 2.32. The number of hydrogen-bond donors (Lipinski definition) is 3. The summed E-state index contributed by atoms with van der Waals surface area (Å²) in [5, 5.41) is 22.9. The number of halogens is 3. The van der Waals surface area contributed by atoms with Crippen LogP contribution in [0.1, 0.15) is 69.7 Å². The molecular formula is C27H37F3N8O4. The van der Waals surface area contributed by atoms with Crippen molar-refractivity contribution in [1.29, 1.82) is 0 Å². The van der Waals surface area contributed by atoms with E-state index in [0.717, 1.165) is 15.4 Å². The Hall–Kier alpha value is -4.01. The topological polar surface area (TPSA) is 149 Å². The number of carbonyl (C=O) groups is 2. The van der Waals surface area contributed by atoms with Gasteiger partial charge in [0.1, 0.15) is 17.2 Å². The average molecular weight is 598 g/mol. The second-order valence-corrected chi connectivity index (χ2v) is 12.0. The highest BCUT2D eigenvalue weighted by Gasteiger charge is 2.37. The van der Waals surface area contributed by atoms with Gasteiger partial charge in [0.15, 0.2) is 11.5 Å². The number of aryl methyl sites for hydroxylation is 1. The van der Waals surface area contributed by atoms with Crippen LogP contribution in [0.5, 0.6) is 0 Å². The van der Waals surface area contributed by atoms with Crippen molar-refractivity contribution in [3.05, 3.63) is 47.9 Å². The molecule has 0 unspecified atom stereocenters. The van der Waals surface area contributed by atoms with Gasteiger partial charge >= 0.3 is 12.3 Å². The minimum atomic E-state index is -4.77. The average Bonchev–Trinajstić information content (AvgIpc) is 3.49. The molecule has 0 aliphatic carbocycles. The van der Waals surface area contributed by atoms with E-state index in [1.54, 1.807) is 34.6 Å². The molecule has 0 bridgehead atoms. The third-order valence-electron chi connectivity index (χ3n) is 5.66. The zero-order chi connectivity index (χ0) is 34.2. The van der Waals surface area contributed by atoms with E-state index in [0.29, 0.717) is 5.56 Å². The summed E-state index contributed by atoms with van der Waals surface area (Å²) in [6.45, 7) is 8.10. The molecule has 0 radical (unpaired) electrons. The van der Waals surface area contributed by atoms with Crippen molar-refractivity contribution >= 4 is 12.0 Å². The molecule has 0 saturated carbocycles. The zero-order valence-corrected chi connectivity index (χ0v) is 24.4. The van der Waals surface area contributed by atoms with Gasteiger partial charge in [-0.15, -0.1) is 0 Å². The number of aliphatic hydroxyl groups is 1. The fraction of sp³-hybridized carbons (Fsp3) is 0.556. The first kappa shape index (κ1) is 28.1. The zero-order valence-electron chi connectivity index (χ0n) is 27.4. The number of hydrogen-bond acceptors (Lipinski definition) is 8. The first-order valence-corrected chi connectivity index (χ1v) is 12.9. The van der Waals surface area contributed by atoms with Crippen LogP contribution in [0, 0.1) is 0 Å². The first-order chi connectivity index (χ1) is 20.3. The lowest BCUT2D eigenvalue weighted by atomic mass is 10.0. The Morgan fingerprint density at radius 1 is 1.10 bits per heavy atom. The number of ether oxygens (including phenoxy) is 1. The van der Waals surface area contributed by atoms with E-state index < -0.39 is 53.6 Å². The van der Waals surface area contributed by atoms with Crippen molar-refractivity contribution in [1.82, 2.24) is 40.2 Å². The number of alkyl carbamates (subject to hydrolysis) is 1. The molecule has 1 atom stereocenters. The molecular weight excluding hydrogens is 557 g/mol. The Labute approximate surface area is 245 Å². The number of amides is 2. The van der Waals surface area contributed by atoms with Crippen molar-refractivity contribution in [3.63, 3.8) is 0 Å². The molecule has 15 heteroatoms. The summed E-state index contributed by atoms with van der Waals surface area (Å²) >= 11 is 0. The second kappa shape index (κ2) is 11.7. The highest BCUT2D eigenvalue weighted by molar-refractivity contribution is 5.86. The van der Waals surface area contributed by atoms with Crippen LogP contribution in [0.3, 0.4) is 0 Å². The summed E-state index contributed by atoms with van der Waals surface area (Å²) in [5.74, 6) is -0.663. The van der Waals surface area contributed by atoms with Gasteiger partial charge in [-0.3, -0.25) is 14.2 Å². The van der Waals surface area contributed by atoms with Gasteiger partial charge in [0.2, 0.25) is 5.91 Å². The molecule has 42 heavy (non-hydrogen) atoms. The maximum atomic E-state index is 13.7. The molecule has 3 rings (SSSR count). The van der Waals surface area contributed by atoms with E-state index in [1.807, 2.05) is 0 Å². The fourth-order valence-corrected chi connectivity index (χ4v) is 3.88. The molecule has 3 aromatic heterocycles. The molecule has 3 heterocycles. The molecule has 230 valence electrons. The van der Waals surface area contributed by atoms with Crippen LogP contribution in [0.2, 0.25) is 0 Å². The van der Waals surface area contributed by atoms with E-state index in [9.17, 15) is 27.9 Å². The number of aromatic nitrogens is 6. The maximum Gasteiger partial charge on any atom is 0.435 e. The van der Waals surface area contributed by atoms with Crippen molar-refractivity contribution in [2.75, 3.05) is 0 Å². The van der Waals surface area contributed by atoms with E-state index in [1.165, 1.54) is 38.6 Å². The predicted octanol–water partition coefficient (Wildman–Crippen LogP) is 3.35. The summed E-state index contributed by atoms with van der Waals surface area (Å²) in [6, 6.07) is -0.450. The number of rotatable bonds is 9. The molecule has 0 fully saturated rings. The van der Waals surface area contributed by atoms with Gasteiger partial charge in [0.25, 0.3) is 0 Å². The molecule has 2 amide bonds. The van der Waals surface area contributed by atoms with Gasteiger partial charge in [-0.25, -0.2) is 14.8 Å². The Balaban J connectivity index is 1.90. The quantitative estimate of drug-likeness (QED) is 0.340. The summed E-state index contributed by atoms with van der Waals surface area (Å²) in [6.07, 6.45) is -0.873. The van der Waals surface area contributed by atoms with E-state index in [4.69, 9.17) is 8.85 Å². The summed E-state index contributed by atoms with van der Waals surface area (Å²) in [7, 11) is 0. The number of carbonyl (C=O) groups excluding carboxylic acids is 2. The van der Waals surface area contributed by atoms with Crippen molar-refractivity contribution < 1.29 is 36.7 Å². The van der Waals surface area contributed by atoms with Crippen LogP contribution in [-0.4, -0.2) is 63.8 Å². The molecule has 12 nitrogen and oxygen atoms in total. The summed E-state index contributed by atoms with van der Waals surface area (Å²) in [5.41, 5.74) is -4.18. The SMILES string of the molecule is [2H]C([2H])([2H])n1cc(C[C@@H](NC(=O)OC(C)(C)C)C(=O)NC(C)(C)Cn2nc(C(F)(F)F)cc2-c2cnc(C(C)(C)O)nc2)cn1. The lowest BCUT2D eigenvalue weighted by molar-refractivity contribution is -0.141. The Morgan fingerprint density at radius 2 is 1.74 bits per heavy atom. The summed E-state index contributed by atoms with van der Waals surface area (Å²) in [4.78, 5) is 34.3. The van der Waals surface area contributed by atoms with Crippen molar-refractivity contribution in [3.8, 4) is 11.3 Å². The first-order valence-electron chi connectivity index (χ1n) is 14.4. The lowest BCUT2D eigenvalue weighted by Gasteiger charge is -2.30. The molecule has 0 aliphatic heterocycles. The van der Waals surface area contributed by atoms with Crippen LogP contribution >= 0.6 is 0 Å².